The van der Waals surface area contributed by atoms with Crippen LogP contribution >= 0.6 is 0 Å². The van der Waals surface area contributed by atoms with E-state index in [0.29, 0.717) is 19.6 Å². The fraction of sp³-hybridized carbons (Fsp3) is 0.231. The van der Waals surface area contributed by atoms with Gasteiger partial charge in [-0.2, -0.15) is 0 Å². The smallest absolute Gasteiger partial charge is 0.319 e. The second-order valence-electron chi connectivity index (χ2n) is 8.57. The minimum absolute atomic E-state index is 0.197. The molecule has 2 aliphatic heterocycles. The molecule has 176 valence electrons. The van der Waals surface area contributed by atoms with Gasteiger partial charge in [-0.15, -0.1) is 0 Å². The van der Waals surface area contributed by atoms with Gasteiger partial charge in [-0.1, -0.05) is 6.07 Å². The molecule has 2 N–H and O–H groups in total. The fourth-order valence-corrected chi connectivity index (χ4v) is 4.69. The largest absolute Gasteiger partial charge is 0.493 e. The van der Waals surface area contributed by atoms with Crippen LogP contribution in [-0.2, 0) is 13.0 Å². The number of aromatic nitrogens is 4. The van der Waals surface area contributed by atoms with Gasteiger partial charge >= 0.3 is 6.03 Å². The number of aryl methyl sites for hydroxylation is 1. The molecule has 2 amide bonds. The summed E-state index contributed by atoms with van der Waals surface area (Å²) in [6.45, 7) is 5.76. The molecular weight excluding hydrogens is 442 g/mol. The first kappa shape index (κ1) is 21.2. The Morgan fingerprint density at radius 2 is 2.06 bits per heavy atom. The van der Waals surface area contributed by atoms with Crippen LogP contribution in [0, 0.1) is 6.92 Å². The Morgan fingerprint density at radius 1 is 1.14 bits per heavy atom. The summed E-state index contributed by atoms with van der Waals surface area (Å²) in [5, 5.41) is 5.61. The first-order valence-electron chi connectivity index (χ1n) is 11.7. The number of urea groups is 1. The maximum Gasteiger partial charge on any atom is 0.319 e. The van der Waals surface area contributed by atoms with Crippen molar-refractivity contribution in [1.82, 2.24) is 24.8 Å². The minimum atomic E-state index is -0.197. The van der Waals surface area contributed by atoms with Gasteiger partial charge < -0.3 is 20.3 Å². The highest BCUT2D eigenvalue weighted by Gasteiger charge is 2.27. The molecule has 2 aliphatic rings. The van der Waals surface area contributed by atoms with Gasteiger partial charge in [0, 0.05) is 37.1 Å². The Balaban J connectivity index is 1.30. The highest BCUT2D eigenvalue weighted by atomic mass is 16.5. The van der Waals surface area contributed by atoms with E-state index in [1.54, 1.807) is 0 Å². The Morgan fingerprint density at radius 3 is 2.94 bits per heavy atom. The van der Waals surface area contributed by atoms with Crippen molar-refractivity contribution < 1.29 is 9.53 Å². The Hall–Kier alpha value is -4.40. The van der Waals surface area contributed by atoms with E-state index in [9.17, 15) is 4.79 Å². The van der Waals surface area contributed by atoms with E-state index >= 15 is 0 Å². The molecule has 3 aromatic heterocycles. The molecule has 6 rings (SSSR count). The Bertz CT molecular complexity index is 1450. The van der Waals surface area contributed by atoms with E-state index < -0.39 is 0 Å². The normalized spacial score (nSPS) is 13.5. The number of hydrogen-bond donors (Lipinski definition) is 2. The molecule has 0 unspecified atom stereocenters. The Kier molecular flexibility index (Phi) is 5.09. The van der Waals surface area contributed by atoms with Gasteiger partial charge in [-0.05, 0) is 49.7 Å². The van der Waals surface area contributed by atoms with Crippen molar-refractivity contribution in [3.63, 3.8) is 0 Å². The number of carbonyl (C=O) groups is 1. The minimum Gasteiger partial charge on any atom is -0.493 e. The highest BCUT2D eigenvalue weighted by Crippen LogP contribution is 2.40. The molecule has 0 spiro atoms. The number of amides is 2. The lowest BCUT2D eigenvalue weighted by Crippen LogP contribution is -2.33. The van der Waals surface area contributed by atoms with E-state index in [1.165, 1.54) is 0 Å². The van der Waals surface area contributed by atoms with Gasteiger partial charge in [0.25, 0.3) is 0 Å². The van der Waals surface area contributed by atoms with Crippen molar-refractivity contribution in [3.05, 3.63) is 71.8 Å². The zero-order valence-corrected chi connectivity index (χ0v) is 19.6. The van der Waals surface area contributed by atoms with Crippen molar-refractivity contribution in [3.8, 4) is 22.8 Å². The van der Waals surface area contributed by atoms with Crippen LogP contribution < -0.4 is 20.3 Å². The number of hydrogen-bond acceptors (Lipinski definition) is 6. The summed E-state index contributed by atoms with van der Waals surface area (Å²) < 4.78 is 8.22. The van der Waals surface area contributed by atoms with E-state index in [4.69, 9.17) is 14.7 Å². The van der Waals surface area contributed by atoms with E-state index in [2.05, 4.69) is 44.1 Å². The lowest BCUT2D eigenvalue weighted by atomic mass is 10.1. The van der Waals surface area contributed by atoms with Crippen LogP contribution in [0.4, 0.5) is 22.1 Å². The number of ether oxygens (including phenoxy) is 1. The summed E-state index contributed by atoms with van der Waals surface area (Å²) in [5.74, 6) is 3.34. The van der Waals surface area contributed by atoms with Gasteiger partial charge in [0.05, 0.1) is 35.8 Å². The van der Waals surface area contributed by atoms with Crippen molar-refractivity contribution in [2.45, 2.75) is 26.8 Å². The second kappa shape index (κ2) is 8.43. The molecule has 9 heteroatoms. The zero-order valence-electron chi connectivity index (χ0n) is 19.6. The van der Waals surface area contributed by atoms with E-state index in [0.717, 1.165) is 63.5 Å². The maximum atomic E-state index is 11.6. The lowest BCUT2D eigenvalue weighted by molar-refractivity contribution is 0.250. The van der Waals surface area contributed by atoms with Crippen molar-refractivity contribution in [1.29, 1.82) is 0 Å². The molecular formula is C26H25N7O2. The van der Waals surface area contributed by atoms with Crippen LogP contribution in [0.1, 0.15) is 23.7 Å². The Labute approximate surface area is 202 Å². The van der Waals surface area contributed by atoms with Gasteiger partial charge in [0.15, 0.2) is 5.82 Å². The van der Waals surface area contributed by atoms with Crippen molar-refractivity contribution >= 4 is 23.4 Å². The quantitative estimate of drug-likeness (QED) is 0.453. The number of anilines is 3. The number of fused-ring (bicyclic) bond motifs is 6. The zero-order chi connectivity index (χ0) is 23.9. The molecule has 0 saturated carbocycles. The molecule has 0 fully saturated rings. The summed E-state index contributed by atoms with van der Waals surface area (Å²) in [4.78, 5) is 28.1. The van der Waals surface area contributed by atoms with Crippen LogP contribution in [-0.4, -0.2) is 38.7 Å². The van der Waals surface area contributed by atoms with Crippen LogP contribution in [0.3, 0.4) is 0 Å². The van der Waals surface area contributed by atoms with Crippen molar-refractivity contribution in [2.24, 2.45) is 0 Å². The standard InChI is InChI=1S/C26H25N7O2/c1-3-32-23-18(24-30-16(2)15-33(24)21-7-5-10-27-25(21)32)12-17(13-28-23)9-11-35-22-8-4-6-20-19(22)14-29-26(34)31-20/h4-8,10,12-13,15H,3,9,11,14H2,1-2H3,(H2,29,31,34). The van der Waals surface area contributed by atoms with E-state index in [-0.39, 0.29) is 6.03 Å². The van der Waals surface area contributed by atoms with Crippen LogP contribution in [0.2, 0.25) is 0 Å². The number of imidazole rings is 1. The molecule has 5 heterocycles. The maximum absolute atomic E-state index is 11.6. The number of carbonyl (C=O) groups excluding carboxylic acids is 1. The molecule has 0 aliphatic carbocycles. The lowest BCUT2D eigenvalue weighted by Gasteiger charge is -2.23. The first-order chi connectivity index (χ1) is 17.1. The first-order valence-corrected chi connectivity index (χ1v) is 11.7. The molecule has 0 saturated heterocycles. The van der Waals surface area contributed by atoms with E-state index in [1.807, 2.05) is 49.8 Å². The van der Waals surface area contributed by atoms with Crippen molar-refractivity contribution in [2.75, 3.05) is 23.4 Å². The average molecular weight is 468 g/mol. The number of pyridine rings is 2. The van der Waals surface area contributed by atoms with Crippen LogP contribution in [0.5, 0.6) is 5.75 Å². The molecule has 1 aromatic carbocycles. The summed E-state index contributed by atoms with van der Waals surface area (Å²) in [7, 11) is 0. The molecule has 0 bridgehead atoms. The number of benzene rings is 1. The topological polar surface area (TPSA) is 97.2 Å². The molecule has 0 atom stereocenters. The predicted octanol–water partition coefficient (Wildman–Crippen LogP) is 4.37. The molecule has 35 heavy (non-hydrogen) atoms. The second-order valence-corrected chi connectivity index (χ2v) is 8.57. The summed E-state index contributed by atoms with van der Waals surface area (Å²) in [6, 6.07) is 11.7. The third-order valence-corrected chi connectivity index (χ3v) is 6.30. The SMILES string of the molecule is CCN1c2ncc(CCOc3cccc4c3CNC(=O)N4)cc2-c2nc(C)cn2-c2cccnc21. The number of rotatable bonds is 5. The highest BCUT2D eigenvalue weighted by molar-refractivity contribution is 5.92. The molecule has 4 aromatic rings. The van der Waals surface area contributed by atoms with Gasteiger partial charge in [-0.25, -0.2) is 19.7 Å². The summed E-state index contributed by atoms with van der Waals surface area (Å²) in [6.07, 6.45) is 6.44. The van der Waals surface area contributed by atoms with Crippen LogP contribution in [0.15, 0.2) is 55.0 Å². The third kappa shape index (κ3) is 3.65. The fourth-order valence-electron chi connectivity index (χ4n) is 4.69. The number of nitrogens with zero attached hydrogens (tertiary/aromatic N) is 5. The van der Waals surface area contributed by atoms with Gasteiger partial charge in [0.2, 0.25) is 0 Å². The predicted molar refractivity (Wildman–Crippen MR) is 134 cm³/mol. The summed E-state index contributed by atoms with van der Waals surface area (Å²) in [5.41, 5.74) is 5.69. The van der Waals surface area contributed by atoms with Gasteiger partial charge in [0.1, 0.15) is 17.4 Å². The van der Waals surface area contributed by atoms with Gasteiger partial charge in [-0.3, -0.25) is 4.57 Å². The average Bonchev–Trinajstić information content (AvgIpc) is 3.22. The van der Waals surface area contributed by atoms with Crippen LogP contribution in [0.25, 0.3) is 17.1 Å². The number of nitrogens with one attached hydrogen (secondary N) is 2. The molecule has 0 radical (unpaired) electrons. The molecule has 9 nitrogen and oxygen atoms in total. The summed E-state index contributed by atoms with van der Waals surface area (Å²) >= 11 is 0. The monoisotopic (exact) mass is 467 g/mol. The third-order valence-electron chi connectivity index (χ3n) is 6.30.